The first-order valence-corrected chi connectivity index (χ1v) is 6.83. The van der Waals surface area contributed by atoms with Crippen molar-refractivity contribution >= 4 is 21.6 Å². The Kier molecular flexibility index (Phi) is 4.18. The van der Waals surface area contributed by atoms with Crippen LogP contribution in [0.2, 0.25) is 0 Å². The molecule has 0 bridgehead atoms. The summed E-state index contributed by atoms with van der Waals surface area (Å²) in [5.74, 6) is 0.286. The van der Waals surface area contributed by atoms with Gasteiger partial charge in [0.1, 0.15) is 0 Å². The summed E-state index contributed by atoms with van der Waals surface area (Å²) in [6.45, 7) is 2.35. The number of rotatable bonds is 4. The van der Waals surface area contributed by atoms with Gasteiger partial charge in [0.2, 0.25) is 10.0 Å². The third-order valence-electron chi connectivity index (χ3n) is 2.71. The summed E-state index contributed by atoms with van der Waals surface area (Å²) in [4.78, 5) is 0. The van der Waals surface area contributed by atoms with E-state index in [4.69, 9.17) is 16.7 Å². The fraction of sp³-hybridized carbons (Fsp3) is 1.00. The molecule has 84 valence electrons. The maximum atomic E-state index is 11.7. The average molecular weight is 242 g/mol. The van der Waals surface area contributed by atoms with Gasteiger partial charge in [-0.1, -0.05) is 6.92 Å². The van der Waals surface area contributed by atoms with Gasteiger partial charge in [-0.15, -0.1) is 11.6 Å². The number of aliphatic hydroxyl groups excluding tert-OH is 1. The summed E-state index contributed by atoms with van der Waals surface area (Å²) in [6, 6.07) is -0.261. The number of aliphatic hydroxyl groups is 1. The quantitative estimate of drug-likeness (QED) is 0.719. The molecule has 1 rings (SSSR count). The van der Waals surface area contributed by atoms with Crippen molar-refractivity contribution in [2.75, 3.05) is 24.8 Å². The van der Waals surface area contributed by atoms with Crippen LogP contribution in [0.4, 0.5) is 0 Å². The van der Waals surface area contributed by atoms with E-state index in [-0.39, 0.29) is 30.2 Å². The number of hydrogen-bond donors (Lipinski definition) is 1. The molecular formula is C8H16ClNO3S. The highest BCUT2D eigenvalue weighted by Crippen LogP contribution is 2.26. The van der Waals surface area contributed by atoms with E-state index in [1.165, 1.54) is 4.31 Å². The van der Waals surface area contributed by atoms with E-state index in [2.05, 4.69) is 0 Å². The number of nitrogens with zero attached hydrogens (tertiary/aromatic N) is 1. The smallest absolute Gasteiger partial charge is 0.215 e. The fourth-order valence-electron chi connectivity index (χ4n) is 1.80. The van der Waals surface area contributed by atoms with E-state index < -0.39 is 10.0 Å². The summed E-state index contributed by atoms with van der Waals surface area (Å²) < 4.78 is 24.7. The van der Waals surface area contributed by atoms with Crippen molar-refractivity contribution in [1.29, 1.82) is 0 Å². The van der Waals surface area contributed by atoms with Crippen molar-refractivity contribution in [3.05, 3.63) is 0 Å². The van der Waals surface area contributed by atoms with Gasteiger partial charge in [0, 0.05) is 12.4 Å². The van der Waals surface area contributed by atoms with E-state index in [1.54, 1.807) is 0 Å². The fourth-order valence-corrected chi connectivity index (χ4v) is 3.89. The molecule has 0 radical (unpaired) electrons. The van der Waals surface area contributed by atoms with Gasteiger partial charge in [-0.25, -0.2) is 8.42 Å². The lowest BCUT2D eigenvalue weighted by molar-refractivity contribution is 0.191. The van der Waals surface area contributed by atoms with Crippen LogP contribution in [-0.4, -0.2) is 48.7 Å². The lowest BCUT2D eigenvalue weighted by Gasteiger charge is -2.24. The molecular weight excluding hydrogens is 226 g/mol. The molecule has 14 heavy (non-hydrogen) atoms. The van der Waals surface area contributed by atoms with Gasteiger partial charge in [-0.3, -0.25) is 0 Å². The molecule has 1 aliphatic heterocycles. The van der Waals surface area contributed by atoms with Crippen molar-refractivity contribution in [1.82, 2.24) is 4.31 Å². The van der Waals surface area contributed by atoms with Crippen molar-refractivity contribution < 1.29 is 13.5 Å². The number of alkyl halides is 1. The van der Waals surface area contributed by atoms with E-state index in [0.717, 1.165) is 6.42 Å². The SMILES string of the molecule is CC1CCN(S(=O)(=O)CCCl)C1CO. The lowest BCUT2D eigenvalue weighted by atomic mass is 10.0. The van der Waals surface area contributed by atoms with Crippen molar-refractivity contribution in [3.8, 4) is 0 Å². The molecule has 2 atom stereocenters. The summed E-state index contributed by atoms with van der Waals surface area (Å²) in [7, 11) is -3.26. The van der Waals surface area contributed by atoms with Crippen LogP contribution in [0.15, 0.2) is 0 Å². The van der Waals surface area contributed by atoms with Crippen LogP contribution >= 0.6 is 11.6 Å². The minimum Gasteiger partial charge on any atom is -0.395 e. The highest BCUT2D eigenvalue weighted by Gasteiger charge is 2.37. The van der Waals surface area contributed by atoms with Crippen LogP contribution in [0.1, 0.15) is 13.3 Å². The molecule has 0 aliphatic carbocycles. The van der Waals surface area contributed by atoms with Gasteiger partial charge in [-0.05, 0) is 12.3 Å². The normalized spacial score (nSPS) is 29.6. The molecule has 1 saturated heterocycles. The Morgan fingerprint density at radius 3 is 2.71 bits per heavy atom. The molecule has 2 unspecified atom stereocenters. The average Bonchev–Trinajstić information content (AvgIpc) is 2.47. The molecule has 0 saturated carbocycles. The number of halogens is 1. The predicted molar refractivity (Wildman–Crippen MR) is 55.9 cm³/mol. The largest absolute Gasteiger partial charge is 0.395 e. The minimum atomic E-state index is -3.26. The molecule has 4 nitrogen and oxygen atoms in total. The van der Waals surface area contributed by atoms with Crippen LogP contribution in [0.5, 0.6) is 0 Å². The second kappa shape index (κ2) is 4.79. The Bertz CT molecular complexity index is 280. The Hall–Kier alpha value is 0.160. The van der Waals surface area contributed by atoms with E-state index >= 15 is 0 Å². The maximum absolute atomic E-state index is 11.7. The molecule has 0 spiro atoms. The van der Waals surface area contributed by atoms with Crippen molar-refractivity contribution in [2.45, 2.75) is 19.4 Å². The molecule has 0 amide bonds. The standard InChI is InChI=1S/C8H16ClNO3S/c1-7-2-4-10(8(7)6-11)14(12,13)5-3-9/h7-8,11H,2-6H2,1H3. The van der Waals surface area contributed by atoms with Crippen LogP contribution in [0, 0.1) is 5.92 Å². The first-order valence-electron chi connectivity index (χ1n) is 4.69. The molecule has 0 aromatic carbocycles. The van der Waals surface area contributed by atoms with E-state index in [0.29, 0.717) is 6.54 Å². The highest BCUT2D eigenvalue weighted by molar-refractivity contribution is 7.89. The van der Waals surface area contributed by atoms with E-state index in [9.17, 15) is 8.42 Å². The Labute approximate surface area is 89.9 Å². The van der Waals surface area contributed by atoms with Gasteiger partial charge in [-0.2, -0.15) is 4.31 Å². The molecule has 1 aliphatic rings. The first kappa shape index (κ1) is 12.2. The zero-order chi connectivity index (χ0) is 10.8. The zero-order valence-electron chi connectivity index (χ0n) is 8.19. The molecule has 1 heterocycles. The molecule has 6 heteroatoms. The Morgan fingerprint density at radius 2 is 2.21 bits per heavy atom. The summed E-state index contributed by atoms with van der Waals surface area (Å²) in [6.07, 6.45) is 0.812. The summed E-state index contributed by atoms with van der Waals surface area (Å²) >= 11 is 5.42. The minimum absolute atomic E-state index is 0.0439. The third-order valence-corrected chi connectivity index (χ3v) is 5.01. The molecule has 0 aromatic heterocycles. The van der Waals surface area contributed by atoms with Gasteiger partial charge >= 0.3 is 0 Å². The Balaban J connectivity index is 2.78. The highest BCUT2D eigenvalue weighted by atomic mass is 35.5. The van der Waals surface area contributed by atoms with Crippen LogP contribution in [-0.2, 0) is 10.0 Å². The van der Waals surface area contributed by atoms with Crippen LogP contribution in [0.25, 0.3) is 0 Å². The van der Waals surface area contributed by atoms with Crippen molar-refractivity contribution in [3.63, 3.8) is 0 Å². The zero-order valence-corrected chi connectivity index (χ0v) is 9.76. The van der Waals surface area contributed by atoms with Gasteiger partial charge in [0.05, 0.1) is 18.4 Å². The number of sulfonamides is 1. The second-order valence-corrected chi connectivity index (χ2v) is 6.05. The Morgan fingerprint density at radius 1 is 1.57 bits per heavy atom. The summed E-state index contributed by atoms with van der Waals surface area (Å²) in [5, 5.41) is 9.10. The van der Waals surface area contributed by atoms with Gasteiger partial charge < -0.3 is 5.11 Å². The lowest BCUT2D eigenvalue weighted by Crippen LogP contribution is -2.41. The maximum Gasteiger partial charge on any atom is 0.215 e. The molecule has 1 fully saturated rings. The van der Waals surface area contributed by atoms with E-state index in [1.807, 2.05) is 6.92 Å². The molecule has 0 aromatic rings. The molecule has 1 N–H and O–H groups in total. The third kappa shape index (κ3) is 2.39. The van der Waals surface area contributed by atoms with Crippen molar-refractivity contribution in [2.24, 2.45) is 5.92 Å². The topological polar surface area (TPSA) is 57.6 Å². The van der Waals surface area contributed by atoms with Gasteiger partial charge in [0.25, 0.3) is 0 Å². The summed E-state index contributed by atoms with van der Waals surface area (Å²) in [5.41, 5.74) is 0. The van der Waals surface area contributed by atoms with Crippen LogP contribution in [0.3, 0.4) is 0 Å². The monoisotopic (exact) mass is 241 g/mol. The second-order valence-electron chi connectivity index (χ2n) is 3.63. The van der Waals surface area contributed by atoms with Crippen LogP contribution < -0.4 is 0 Å². The van der Waals surface area contributed by atoms with Gasteiger partial charge in [0.15, 0.2) is 0 Å². The number of hydrogen-bond acceptors (Lipinski definition) is 3. The predicted octanol–water partition coefficient (Wildman–Crippen LogP) is 0.258. The first-order chi connectivity index (χ1) is 6.53.